The number of hydrogen-bond acceptors (Lipinski definition) is 2. The van der Waals surface area contributed by atoms with Crippen molar-refractivity contribution < 1.29 is 0 Å². The first-order chi connectivity index (χ1) is 7.24. The molecule has 84 valence electrons. The molecule has 1 rings (SSSR count). The molecule has 1 atom stereocenters. The zero-order valence-electron chi connectivity index (χ0n) is 9.32. The van der Waals surface area contributed by atoms with E-state index in [9.17, 15) is 0 Å². The number of allylic oxidation sites excluding steroid dienone is 1. The van der Waals surface area contributed by atoms with E-state index in [1.54, 1.807) is 0 Å². The fourth-order valence-corrected chi connectivity index (χ4v) is 2.31. The van der Waals surface area contributed by atoms with Crippen LogP contribution in [-0.4, -0.2) is 30.4 Å². The van der Waals surface area contributed by atoms with Crippen LogP contribution < -0.4 is 0 Å². The summed E-state index contributed by atoms with van der Waals surface area (Å²) in [6.07, 6.45) is 5.25. The van der Waals surface area contributed by atoms with E-state index in [4.69, 9.17) is 11.6 Å². The van der Waals surface area contributed by atoms with Gasteiger partial charge in [0.25, 0.3) is 0 Å². The molecule has 0 saturated carbocycles. The number of hydrogen-bond donors (Lipinski definition) is 0. The minimum atomic E-state index is 0.573. The molecule has 1 aromatic rings. The molecule has 3 heteroatoms. The molecule has 0 amide bonds. The van der Waals surface area contributed by atoms with Crippen LogP contribution >= 0.6 is 22.9 Å². The highest BCUT2D eigenvalue weighted by atomic mass is 35.5. The molecule has 1 aromatic heterocycles. The lowest BCUT2D eigenvalue weighted by Crippen LogP contribution is -2.30. The van der Waals surface area contributed by atoms with Crippen LogP contribution in [-0.2, 0) is 6.42 Å². The van der Waals surface area contributed by atoms with Crippen LogP contribution in [0.1, 0.15) is 11.8 Å². The van der Waals surface area contributed by atoms with E-state index in [1.807, 2.05) is 17.4 Å². The van der Waals surface area contributed by atoms with Gasteiger partial charge in [-0.05, 0) is 31.8 Å². The molecule has 0 bridgehead atoms. The molecule has 15 heavy (non-hydrogen) atoms. The van der Waals surface area contributed by atoms with E-state index in [1.165, 1.54) is 4.88 Å². The third-order valence-electron chi connectivity index (χ3n) is 2.48. The van der Waals surface area contributed by atoms with Gasteiger partial charge in [-0.1, -0.05) is 18.2 Å². The monoisotopic (exact) mass is 243 g/mol. The Balaban J connectivity index is 2.33. The molecular formula is C12H18ClNS. The summed E-state index contributed by atoms with van der Waals surface area (Å²) in [6.45, 7) is 3.23. The Bertz CT molecular complexity index is 282. The lowest BCUT2D eigenvalue weighted by atomic mass is 10.2. The van der Waals surface area contributed by atoms with Gasteiger partial charge in [0.2, 0.25) is 0 Å². The summed E-state index contributed by atoms with van der Waals surface area (Å²) < 4.78 is 0. The molecule has 0 aliphatic heterocycles. The summed E-state index contributed by atoms with van der Waals surface area (Å²) >= 11 is 7.41. The Morgan fingerprint density at radius 3 is 2.93 bits per heavy atom. The molecule has 1 unspecified atom stereocenters. The summed E-state index contributed by atoms with van der Waals surface area (Å²) in [5, 5.41) is 2.13. The van der Waals surface area contributed by atoms with Crippen LogP contribution in [0.2, 0.25) is 0 Å². The minimum Gasteiger partial charge on any atom is -0.300 e. The van der Waals surface area contributed by atoms with Crippen molar-refractivity contribution in [3.63, 3.8) is 0 Å². The van der Waals surface area contributed by atoms with E-state index < -0.39 is 0 Å². The predicted molar refractivity (Wildman–Crippen MR) is 70.0 cm³/mol. The van der Waals surface area contributed by atoms with Gasteiger partial charge in [-0.15, -0.1) is 22.9 Å². The van der Waals surface area contributed by atoms with Crippen molar-refractivity contribution in [3.05, 3.63) is 34.5 Å². The van der Waals surface area contributed by atoms with E-state index in [-0.39, 0.29) is 0 Å². The van der Waals surface area contributed by atoms with Crippen molar-refractivity contribution in [2.45, 2.75) is 19.4 Å². The van der Waals surface area contributed by atoms with Gasteiger partial charge in [0.15, 0.2) is 0 Å². The van der Waals surface area contributed by atoms with Crippen molar-refractivity contribution in [2.24, 2.45) is 0 Å². The van der Waals surface area contributed by atoms with Gasteiger partial charge in [-0.25, -0.2) is 0 Å². The van der Waals surface area contributed by atoms with Crippen LogP contribution in [0.5, 0.6) is 0 Å². The highest BCUT2D eigenvalue weighted by Gasteiger charge is 2.08. The second kappa shape index (κ2) is 7.04. The van der Waals surface area contributed by atoms with Gasteiger partial charge in [0, 0.05) is 23.3 Å². The largest absolute Gasteiger partial charge is 0.300 e. The molecule has 0 saturated heterocycles. The molecule has 0 N–H and O–H groups in total. The Morgan fingerprint density at radius 1 is 1.53 bits per heavy atom. The lowest BCUT2D eigenvalue weighted by molar-refractivity contribution is 0.284. The average molecular weight is 244 g/mol. The third-order valence-corrected chi connectivity index (χ3v) is 3.56. The van der Waals surface area contributed by atoms with Crippen LogP contribution in [0.3, 0.4) is 0 Å². The zero-order chi connectivity index (χ0) is 11.1. The molecule has 0 spiro atoms. The number of likely N-dealkylation sites (N-methyl/N-ethyl adjacent to an activating group) is 1. The topological polar surface area (TPSA) is 3.24 Å². The second-order valence-electron chi connectivity index (χ2n) is 3.70. The zero-order valence-corrected chi connectivity index (χ0v) is 10.9. The van der Waals surface area contributed by atoms with Crippen LogP contribution in [0.4, 0.5) is 0 Å². The molecule has 0 fully saturated rings. The average Bonchev–Trinajstić information content (AvgIpc) is 2.70. The molecule has 0 radical (unpaired) electrons. The molecule has 1 heterocycles. The highest BCUT2D eigenvalue weighted by molar-refractivity contribution is 7.09. The predicted octanol–water partition coefficient (Wildman–Crippen LogP) is 3.41. The summed E-state index contributed by atoms with van der Waals surface area (Å²) in [5.41, 5.74) is 0. The Hall–Kier alpha value is -0.310. The van der Waals surface area contributed by atoms with E-state index >= 15 is 0 Å². The van der Waals surface area contributed by atoms with Gasteiger partial charge in [0.1, 0.15) is 0 Å². The summed E-state index contributed by atoms with van der Waals surface area (Å²) in [4.78, 5) is 3.79. The van der Waals surface area contributed by atoms with E-state index in [2.05, 4.69) is 42.5 Å². The number of thiophene rings is 1. The van der Waals surface area contributed by atoms with Crippen molar-refractivity contribution in [2.75, 3.05) is 19.5 Å². The van der Waals surface area contributed by atoms with Crippen LogP contribution in [0.15, 0.2) is 29.7 Å². The van der Waals surface area contributed by atoms with Gasteiger partial charge in [0.05, 0.1) is 0 Å². The number of halogens is 1. The molecule has 0 aliphatic rings. The normalized spacial score (nSPS) is 13.9. The Labute approximate surface area is 101 Å². The van der Waals surface area contributed by atoms with Gasteiger partial charge >= 0.3 is 0 Å². The van der Waals surface area contributed by atoms with Crippen molar-refractivity contribution in [1.29, 1.82) is 0 Å². The first-order valence-electron chi connectivity index (χ1n) is 5.17. The first kappa shape index (κ1) is 12.8. The second-order valence-corrected chi connectivity index (χ2v) is 5.04. The summed E-state index contributed by atoms with van der Waals surface area (Å²) in [5.74, 6) is 0.604. The Kier molecular flexibility index (Phi) is 5.99. The molecular weight excluding hydrogens is 226 g/mol. The number of rotatable bonds is 6. The van der Waals surface area contributed by atoms with E-state index in [0.29, 0.717) is 11.9 Å². The fourth-order valence-electron chi connectivity index (χ4n) is 1.36. The maximum Gasteiger partial charge on any atom is 0.0404 e. The van der Waals surface area contributed by atoms with Gasteiger partial charge < -0.3 is 0 Å². The van der Waals surface area contributed by atoms with Crippen molar-refractivity contribution in [3.8, 4) is 0 Å². The van der Waals surface area contributed by atoms with Crippen LogP contribution in [0, 0.1) is 0 Å². The molecule has 0 aromatic carbocycles. The molecule has 1 nitrogen and oxygen atoms in total. The third kappa shape index (κ3) is 4.83. The summed E-state index contributed by atoms with van der Waals surface area (Å²) in [6, 6.07) is 4.88. The maximum absolute atomic E-state index is 5.58. The number of nitrogens with zero attached hydrogens (tertiary/aromatic N) is 1. The quantitative estimate of drug-likeness (QED) is 0.547. The fraction of sp³-hybridized carbons (Fsp3) is 0.500. The Morgan fingerprint density at radius 2 is 2.33 bits per heavy atom. The first-order valence-corrected chi connectivity index (χ1v) is 6.59. The summed E-state index contributed by atoms with van der Waals surface area (Å²) in [7, 11) is 2.15. The highest BCUT2D eigenvalue weighted by Crippen LogP contribution is 2.13. The van der Waals surface area contributed by atoms with Crippen molar-refractivity contribution >= 4 is 22.9 Å². The lowest BCUT2D eigenvalue weighted by Gasteiger charge is -2.22. The van der Waals surface area contributed by atoms with E-state index in [0.717, 1.165) is 13.0 Å². The van der Waals surface area contributed by atoms with Gasteiger partial charge in [-0.3, -0.25) is 4.90 Å². The molecule has 0 aliphatic carbocycles. The number of alkyl halides is 1. The standard InChI is InChI=1S/C12H18ClNS/c1-11(10-12-6-5-9-15-12)14(2)8-4-3-7-13/h3-6,9,11H,7-8,10H2,1-2H3. The van der Waals surface area contributed by atoms with Gasteiger partial charge in [-0.2, -0.15) is 0 Å². The smallest absolute Gasteiger partial charge is 0.0404 e. The maximum atomic E-state index is 5.58. The minimum absolute atomic E-state index is 0.573. The van der Waals surface area contributed by atoms with Crippen molar-refractivity contribution in [1.82, 2.24) is 4.90 Å². The van der Waals surface area contributed by atoms with Crippen LogP contribution in [0.25, 0.3) is 0 Å². The SMILES string of the molecule is CC(Cc1cccs1)N(C)CC=CCCl.